The molecule has 0 aliphatic heterocycles. The van der Waals surface area contributed by atoms with Crippen LogP contribution in [0, 0.1) is 5.92 Å². The third-order valence-electron chi connectivity index (χ3n) is 2.92. The first-order valence-corrected chi connectivity index (χ1v) is 7.25. The van der Waals surface area contributed by atoms with Gasteiger partial charge >= 0.3 is 0 Å². The molecule has 0 saturated carbocycles. The second kappa shape index (κ2) is 11.1. The van der Waals surface area contributed by atoms with Crippen LogP contribution in [0.25, 0.3) is 0 Å². The van der Waals surface area contributed by atoms with Crippen molar-refractivity contribution in [2.75, 3.05) is 19.6 Å². The van der Waals surface area contributed by atoms with Crippen LogP contribution < -0.4 is 11.1 Å². The van der Waals surface area contributed by atoms with E-state index in [9.17, 15) is 0 Å². The molecule has 0 radical (unpaired) electrons. The highest BCUT2D eigenvalue weighted by atomic mass is 127. The van der Waals surface area contributed by atoms with Crippen molar-refractivity contribution in [1.82, 2.24) is 10.2 Å². The highest BCUT2D eigenvalue weighted by Crippen LogP contribution is 2.12. The molecule has 21 heavy (non-hydrogen) atoms. The monoisotopic (exact) mass is 408 g/mol. The number of hydrogen-bond donors (Lipinski definition) is 2. The van der Waals surface area contributed by atoms with Crippen molar-refractivity contribution < 1.29 is 0 Å². The molecular formula is C16H33IN4. The van der Waals surface area contributed by atoms with Gasteiger partial charge < -0.3 is 11.1 Å². The first-order chi connectivity index (χ1) is 9.21. The van der Waals surface area contributed by atoms with E-state index in [1.807, 2.05) is 12.2 Å². The van der Waals surface area contributed by atoms with Crippen LogP contribution in [0.15, 0.2) is 30.3 Å². The topological polar surface area (TPSA) is 53.6 Å². The van der Waals surface area contributed by atoms with Crippen LogP contribution in [0.2, 0.25) is 0 Å². The summed E-state index contributed by atoms with van der Waals surface area (Å²) in [5, 5.41) is 3.19. The van der Waals surface area contributed by atoms with Crippen molar-refractivity contribution in [2.45, 2.75) is 46.2 Å². The van der Waals surface area contributed by atoms with Crippen molar-refractivity contribution in [3.8, 4) is 0 Å². The second-order valence-corrected chi connectivity index (χ2v) is 6.44. The summed E-state index contributed by atoms with van der Waals surface area (Å²) >= 11 is 0. The lowest BCUT2D eigenvalue weighted by Gasteiger charge is -2.32. The molecule has 0 fully saturated rings. The Bertz CT molecular complexity index is 322. The Morgan fingerprint density at radius 2 is 1.71 bits per heavy atom. The molecule has 3 N–H and O–H groups in total. The summed E-state index contributed by atoms with van der Waals surface area (Å²) in [5.74, 6) is 0.987. The molecule has 0 aliphatic rings. The van der Waals surface area contributed by atoms with Gasteiger partial charge in [0, 0.05) is 24.7 Å². The Kier molecular flexibility index (Phi) is 12.0. The number of nitrogens with zero attached hydrogens (tertiary/aromatic N) is 2. The summed E-state index contributed by atoms with van der Waals surface area (Å²) in [4.78, 5) is 6.81. The van der Waals surface area contributed by atoms with Crippen molar-refractivity contribution in [3.05, 3.63) is 25.3 Å². The lowest BCUT2D eigenvalue weighted by atomic mass is 10.0. The van der Waals surface area contributed by atoms with E-state index in [4.69, 9.17) is 5.73 Å². The van der Waals surface area contributed by atoms with Gasteiger partial charge in [-0.05, 0) is 26.7 Å². The van der Waals surface area contributed by atoms with E-state index >= 15 is 0 Å². The molecule has 5 heteroatoms. The van der Waals surface area contributed by atoms with Gasteiger partial charge in [-0.25, -0.2) is 0 Å². The number of guanidine groups is 1. The first kappa shape index (κ1) is 22.7. The summed E-state index contributed by atoms with van der Waals surface area (Å²) in [6.07, 6.45) is 3.83. The van der Waals surface area contributed by atoms with Crippen LogP contribution in [0.1, 0.15) is 34.6 Å². The van der Waals surface area contributed by atoms with E-state index in [2.05, 4.69) is 63.0 Å². The quantitative estimate of drug-likeness (QED) is 0.281. The van der Waals surface area contributed by atoms with E-state index in [1.54, 1.807) is 0 Å². The van der Waals surface area contributed by atoms with Gasteiger partial charge in [-0.3, -0.25) is 9.89 Å². The maximum absolute atomic E-state index is 5.94. The van der Waals surface area contributed by atoms with E-state index in [-0.39, 0.29) is 29.5 Å². The SMILES string of the molecule is C=CCN(CC=C)C(CN=C(N)NC(C)(C)C)C(C)C.I. The highest BCUT2D eigenvalue weighted by molar-refractivity contribution is 14.0. The third kappa shape index (κ3) is 10.8. The van der Waals surface area contributed by atoms with Crippen molar-refractivity contribution in [1.29, 1.82) is 0 Å². The predicted molar refractivity (Wildman–Crippen MR) is 105 cm³/mol. The van der Waals surface area contributed by atoms with Gasteiger partial charge in [0.25, 0.3) is 0 Å². The molecule has 0 saturated heterocycles. The fourth-order valence-corrected chi connectivity index (χ4v) is 2.04. The average Bonchev–Trinajstić information content (AvgIpc) is 2.26. The van der Waals surface area contributed by atoms with Gasteiger partial charge in [-0.1, -0.05) is 26.0 Å². The van der Waals surface area contributed by atoms with E-state index in [0.717, 1.165) is 13.1 Å². The van der Waals surface area contributed by atoms with Gasteiger partial charge in [-0.15, -0.1) is 37.1 Å². The minimum absolute atomic E-state index is 0. The molecule has 0 aromatic carbocycles. The number of nitrogens with one attached hydrogen (secondary N) is 1. The van der Waals surface area contributed by atoms with Crippen LogP contribution in [-0.2, 0) is 0 Å². The lowest BCUT2D eigenvalue weighted by molar-refractivity contribution is 0.195. The highest BCUT2D eigenvalue weighted by Gasteiger charge is 2.20. The molecule has 1 unspecified atom stereocenters. The fraction of sp³-hybridized carbons (Fsp3) is 0.688. The Labute approximate surface area is 148 Å². The predicted octanol–water partition coefficient (Wildman–Crippen LogP) is 3.01. The molecule has 0 aliphatic carbocycles. The molecular weight excluding hydrogens is 375 g/mol. The molecule has 1 atom stereocenters. The standard InChI is InChI=1S/C16H32N4.HI/c1-8-10-20(11-9-2)14(13(3)4)12-18-15(17)19-16(5,6)7;/h8-9,13-14H,1-2,10-12H2,3-7H3,(H3,17,18,19);1H. The number of hydrogen-bond acceptors (Lipinski definition) is 2. The molecule has 0 spiro atoms. The molecule has 0 amide bonds. The maximum Gasteiger partial charge on any atom is 0.189 e. The van der Waals surface area contributed by atoms with Crippen LogP contribution in [0.4, 0.5) is 0 Å². The number of aliphatic imine (C=N–C) groups is 1. The summed E-state index contributed by atoms with van der Waals surface area (Å²) in [5.41, 5.74) is 5.87. The number of nitrogens with two attached hydrogens (primary N) is 1. The average molecular weight is 408 g/mol. The van der Waals surface area contributed by atoms with Crippen molar-refractivity contribution in [2.24, 2.45) is 16.6 Å². The van der Waals surface area contributed by atoms with Crippen molar-refractivity contribution in [3.63, 3.8) is 0 Å². The molecule has 0 bridgehead atoms. The minimum Gasteiger partial charge on any atom is -0.370 e. The third-order valence-corrected chi connectivity index (χ3v) is 2.92. The van der Waals surface area contributed by atoms with E-state index in [0.29, 0.717) is 24.5 Å². The normalized spacial score (nSPS) is 13.8. The van der Waals surface area contributed by atoms with Gasteiger partial charge in [0.2, 0.25) is 0 Å². The molecule has 0 aromatic rings. The zero-order chi connectivity index (χ0) is 15.8. The van der Waals surface area contributed by atoms with Gasteiger partial charge in [0.1, 0.15) is 0 Å². The number of halogens is 1. The summed E-state index contributed by atoms with van der Waals surface area (Å²) in [7, 11) is 0. The molecule has 0 heterocycles. The van der Waals surface area contributed by atoms with E-state index in [1.165, 1.54) is 0 Å². The fourth-order valence-electron chi connectivity index (χ4n) is 2.04. The van der Waals surface area contributed by atoms with E-state index < -0.39 is 0 Å². The molecule has 0 aromatic heterocycles. The Morgan fingerprint density at radius 1 is 1.24 bits per heavy atom. The first-order valence-electron chi connectivity index (χ1n) is 7.25. The summed E-state index contributed by atoms with van der Waals surface area (Å²) < 4.78 is 0. The zero-order valence-electron chi connectivity index (χ0n) is 14.2. The smallest absolute Gasteiger partial charge is 0.189 e. The van der Waals surface area contributed by atoms with Crippen LogP contribution in [0.5, 0.6) is 0 Å². The van der Waals surface area contributed by atoms with Gasteiger partial charge in [0.05, 0.1) is 6.54 Å². The second-order valence-electron chi connectivity index (χ2n) is 6.44. The lowest BCUT2D eigenvalue weighted by Crippen LogP contribution is -2.46. The summed E-state index contributed by atoms with van der Waals surface area (Å²) in [6, 6.07) is 0.325. The van der Waals surface area contributed by atoms with Crippen LogP contribution in [-0.4, -0.2) is 42.1 Å². The van der Waals surface area contributed by atoms with Gasteiger partial charge in [0.15, 0.2) is 5.96 Å². The minimum atomic E-state index is -0.0666. The van der Waals surface area contributed by atoms with Crippen LogP contribution >= 0.6 is 24.0 Å². The van der Waals surface area contributed by atoms with Crippen LogP contribution in [0.3, 0.4) is 0 Å². The molecule has 0 rings (SSSR count). The van der Waals surface area contributed by atoms with Gasteiger partial charge in [-0.2, -0.15) is 0 Å². The number of rotatable bonds is 8. The largest absolute Gasteiger partial charge is 0.370 e. The molecule has 4 nitrogen and oxygen atoms in total. The molecule has 124 valence electrons. The van der Waals surface area contributed by atoms with Crippen molar-refractivity contribution >= 4 is 29.9 Å². The Hall–Kier alpha value is -0.560. The Morgan fingerprint density at radius 3 is 2.05 bits per heavy atom. The zero-order valence-corrected chi connectivity index (χ0v) is 16.6. The summed E-state index contributed by atoms with van der Waals surface area (Å²) in [6.45, 7) is 20.6. The maximum atomic E-state index is 5.94. The Balaban J connectivity index is 0.